The van der Waals surface area contributed by atoms with Gasteiger partial charge in [-0.05, 0) is 55.8 Å². The van der Waals surface area contributed by atoms with Crippen LogP contribution in [0.5, 0.6) is 0 Å². The number of benzene rings is 1. The molecule has 2 atom stereocenters. The van der Waals surface area contributed by atoms with Crippen LogP contribution in [0.25, 0.3) is 0 Å². The molecule has 3 N–H and O–H groups in total. The summed E-state index contributed by atoms with van der Waals surface area (Å²) < 4.78 is 0. The first kappa shape index (κ1) is 14.7. The molecule has 2 unspecified atom stereocenters. The van der Waals surface area contributed by atoms with Gasteiger partial charge in [-0.2, -0.15) is 0 Å². The number of nitrogens with two attached hydrogens (primary N) is 1. The standard InChI is InChI=1S/C18H23N3O2/c19-16(22)13-9-12-3-1-2-4-15(12)21(11-13)17(23)14-10-18(14)5-7-20-8-6-18/h1-4,13-14,20H,5-11H2,(H2,19,22). The van der Waals surface area contributed by atoms with Crippen LogP contribution in [0.1, 0.15) is 24.8 Å². The third kappa shape index (κ3) is 2.43. The fraction of sp³-hybridized carbons (Fsp3) is 0.556. The topological polar surface area (TPSA) is 75.4 Å². The number of para-hydroxylation sites is 1. The molecule has 1 aromatic rings. The summed E-state index contributed by atoms with van der Waals surface area (Å²) in [5.74, 6) is -0.296. The Bertz CT molecular complexity index is 651. The number of nitrogens with one attached hydrogen (secondary N) is 1. The number of amides is 2. The number of anilines is 1. The van der Waals surface area contributed by atoms with Crippen LogP contribution in [0, 0.1) is 17.3 Å². The van der Waals surface area contributed by atoms with E-state index < -0.39 is 0 Å². The molecule has 3 aliphatic rings. The number of carbonyl (C=O) groups excluding carboxylic acids is 2. The number of piperidine rings is 1. The van der Waals surface area contributed by atoms with E-state index in [0.29, 0.717) is 13.0 Å². The molecule has 0 radical (unpaired) electrons. The molecule has 5 nitrogen and oxygen atoms in total. The van der Waals surface area contributed by atoms with Crippen molar-refractivity contribution in [3.05, 3.63) is 29.8 Å². The predicted molar refractivity (Wildman–Crippen MR) is 87.8 cm³/mol. The molecule has 1 saturated carbocycles. The number of primary amides is 1. The number of nitrogens with zero attached hydrogens (tertiary/aromatic N) is 1. The minimum absolute atomic E-state index is 0.115. The van der Waals surface area contributed by atoms with Gasteiger partial charge in [0.05, 0.1) is 5.92 Å². The number of hydrogen-bond acceptors (Lipinski definition) is 3. The Hall–Kier alpha value is -1.88. The SMILES string of the molecule is NC(=O)C1Cc2ccccc2N(C(=O)C2CC23CCNCC3)C1. The second-order valence-electron chi connectivity index (χ2n) is 7.25. The van der Waals surface area contributed by atoms with Crippen LogP contribution in [0.2, 0.25) is 0 Å². The molecule has 4 rings (SSSR count). The summed E-state index contributed by atoms with van der Waals surface area (Å²) >= 11 is 0. The quantitative estimate of drug-likeness (QED) is 0.857. The average Bonchev–Trinajstić information content (AvgIpc) is 3.26. The highest BCUT2D eigenvalue weighted by Crippen LogP contribution is 2.59. The minimum atomic E-state index is -0.315. The fourth-order valence-corrected chi connectivity index (χ4v) is 4.36. The number of rotatable bonds is 2. The monoisotopic (exact) mass is 313 g/mol. The van der Waals surface area contributed by atoms with E-state index in [2.05, 4.69) is 5.32 Å². The first-order chi connectivity index (χ1) is 11.1. The Kier molecular flexibility index (Phi) is 3.41. The summed E-state index contributed by atoms with van der Waals surface area (Å²) in [6, 6.07) is 7.90. The van der Waals surface area contributed by atoms with Crippen molar-refractivity contribution < 1.29 is 9.59 Å². The van der Waals surface area contributed by atoms with E-state index in [1.54, 1.807) is 0 Å². The summed E-state index contributed by atoms with van der Waals surface area (Å²) in [5.41, 5.74) is 7.75. The number of hydrogen-bond donors (Lipinski definition) is 2. The van der Waals surface area contributed by atoms with E-state index in [4.69, 9.17) is 5.73 Å². The largest absolute Gasteiger partial charge is 0.369 e. The Labute approximate surface area is 136 Å². The molecule has 1 spiro atoms. The molecule has 23 heavy (non-hydrogen) atoms. The molecule has 2 fully saturated rings. The Morgan fingerprint density at radius 3 is 2.70 bits per heavy atom. The zero-order valence-electron chi connectivity index (χ0n) is 13.3. The van der Waals surface area contributed by atoms with Crippen LogP contribution in [0.4, 0.5) is 5.69 Å². The van der Waals surface area contributed by atoms with Gasteiger partial charge in [-0.1, -0.05) is 18.2 Å². The Morgan fingerprint density at radius 1 is 1.22 bits per heavy atom. The minimum Gasteiger partial charge on any atom is -0.369 e. The van der Waals surface area contributed by atoms with Gasteiger partial charge in [-0.25, -0.2) is 0 Å². The number of carbonyl (C=O) groups is 2. The van der Waals surface area contributed by atoms with E-state index in [1.807, 2.05) is 29.2 Å². The predicted octanol–water partition coefficient (Wildman–Crippen LogP) is 1.07. The molecule has 2 amide bonds. The lowest BCUT2D eigenvalue weighted by Crippen LogP contribution is -2.46. The van der Waals surface area contributed by atoms with Gasteiger partial charge in [-0.15, -0.1) is 0 Å². The maximum absolute atomic E-state index is 13.1. The van der Waals surface area contributed by atoms with E-state index >= 15 is 0 Å². The van der Waals surface area contributed by atoms with Crippen molar-refractivity contribution in [3.8, 4) is 0 Å². The first-order valence-corrected chi connectivity index (χ1v) is 8.50. The van der Waals surface area contributed by atoms with Crippen molar-refractivity contribution in [2.45, 2.75) is 25.7 Å². The number of fused-ring (bicyclic) bond motifs is 1. The van der Waals surface area contributed by atoms with Gasteiger partial charge in [0.25, 0.3) is 0 Å². The Balaban J connectivity index is 1.60. The fourth-order valence-electron chi connectivity index (χ4n) is 4.36. The van der Waals surface area contributed by atoms with Crippen LogP contribution in [0.15, 0.2) is 24.3 Å². The van der Waals surface area contributed by atoms with Gasteiger partial charge in [0.2, 0.25) is 11.8 Å². The van der Waals surface area contributed by atoms with Crippen LogP contribution >= 0.6 is 0 Å². The second-order valence-corrected chi connectivity index (χ2v) is 7.25. The molecule has 1 saturated heterocycles. The van der Waals surface area contributed by atoms with Gasteiger partial charge in [-0.3, -0.25) is 9.59 Å². The van der Waals surface area contributed by atoms with Gasteiger partial charge >= 0.3 is 0 Å². The molecule has 122 valence electrons. The average molecular weight is 313 g/mol. The van der Waals surface area contributed by atoms with Crippen molar-refractivity contribution in [3.63, 3.8) is 0 Å². The lowest BCUT2D eigenvalue weighted by Gasteiger charge is -2.34. The first-order valence-electron chi connectivity index (χ1n) is 8.50. The summed E-state index contributed by atoms with van der Waals surface area (Å²) in [7, 11) is 0. The van der Waals surface area contributed by atoms with Crippen molar-refractivity contribution in [2.75, 3.05) is 24.5 Å². The molecule has 2 heterocycles. The van der Waals surface area contributed by atoms with Gasteiger partial charge < -0.3 is 16.0 Å². The maximum Gasteiger partial charge on any atom is 0.230 e. The highest BCUT2D eigenvalue weighted by atomic mass is 16.2. The molecule has 1 aliphatic carbocycles. The lowest BCUT2D eigenvalue weighted by atomic mass is 9.89. The zero-order valence-corrected chi connectivity index (χ0v) is 13.3. The molecule has 5 heteroatoms. The van der Waals surface area contributed by atoms with Crippen LogP contribution < -0.4 is 16.0 Å². The second kappa shape index (κ2) is 5.34. The highest BCUT2D eigenvalue weighted by Gasteiger charge is 2.59. The summed E-state index contributed by atoms with van der Waals surface area (Å²) in [6.45, 7) is 2.44. The summed E-state index contributed by atoms with van der Waals surface area (Å²) in [6.07, 6.45) is 3.79. The maximum atomic E-state index is 13.1. The Morgan fingerprint density at radius 2 is 1.96 bits per heavy atom. The van der Waals surface area contributed by atoms with E-state index in [1.165, 1.54) is 0 Å². The van der Waals surface area contributed by atoms with Crippen molar-refractivity contribution >= 4 is 17.5 Å². The molecule has 0 aromatic heterocycles. The van der Waals surface area contributed by atoms with E-state index in [9.17, 15) is 9.59 Å². The van der Waals surface area contributed by atoms with E-state index in [-0.39, 0.29) is 29.1 Å². The molecule has 2 aliphatic heterocycles. The van der Waals surface area contributed by atoms with Crippen LogP contribution in [-0.2, 0) is 16.0 Å². The third-order valence-corrected chi connectivity index (χ3v) is 5.91. The van der Waals surface area contributed by atoms with Crippen molar-refractivity contribution in [2.24, 2.45) is 23.0 Å². The summed E-state index contributed by atoms with van der Waals surface area (Å²) in [4.78, 5) is 26.6. The van der Waals surface area contributed by atoms with Crippen LogP contribution in [0.3, 0.4) is 0 Å². The normalized spacial score (nSPS) is 28.3. The van der Waals surface area contributed by atoms with Gasteiger partial charge in [0, 0.05) is 18.2 Å². The molecule has 1 aromatic carbocycles. The third-order valence-electron chi connectivity index (χ3n) is 5.91. The summed E-state index contributed by atoms with van der Waals surface area (Å²) in [5, 5.41) is 3.37. The smallest absolute Gasteiger partial charge is 0.230 e. The van der Waals surface area contributed by atoms with E-state index in [0.717, 1.165) is 43.6 Å². The molecule has 0 bridgehead atoms. The van der Waals surface area contributed by atoms with Gasteiger partial charge in [0.15, 0.2) is 0 Å². The van der Waals surface area contributed by atoms with Crippen LogP contribution in [-0.4, -0.2) is 31.4 Å². The van der Waals surface area contributed by atoms with Crippen molar-refractivity contribution in [1.29, 1.82) is 0 Å². The van der Waals surface area contributed by atoms with Gasteiger partial charge in [0.1, 0.15) is 0 Å². The highest BCUT2D eigenvalue weighted by molar-refractivity contribution is 5.99. The lowest BCUT2D eigenvalue weighted by molar-refractivity contribution is -0.123. The molecular formula is C18H23N3O2. The zero-order chi connectivity index (χ0) is 16.0. The molecular weight excluding hydrogens is 290 g/mol. The van der Waals surface area contributed by atoms with Crippen molar-refractivity contribution in [1.82, 2.24) is 5.32 Å².